The van der Waals surface area contributed by atoms with E-state index in [0.29, 0.717) is 0 Å². The summed E-state index contributed by atoms with van der Waals surface area (Å²) in [4.78, 5) is 10.5. The first-order valence-electron chi connectivity index (χ1n) is 3.86. The summed E-state index contributed by atoms with van der Waals surface area (Å²) in [5.74, 6) is 0.134. The van der Waals surface area contributed by atoms with Crippen molar-refractivity contribution in [2.24, 2.45) is 0 Å². The van der Waals surface area contributed by atoms with E-state index < -0.39 is 0 Å². The van der Waals surface area contributed by atoms with Gasteiger partial charge >= 0.3 is 0 Å². The van der Waals surface area contributed by atoms with Crippen LogP contribution in [0.3, 0.4) is 0 Å². The summed E-state index contributed by atoms with van der Waals surface area (Å²) in [6.45, 7) is 1.56. The molecule has 0 fully saturated rings. The van der Waals surface area contributed by atoms with E-state index >= 15 is 0 Å². The van der Waals surface area contributed by atoms with Gasteiger partial charge in [0.05, 0.1) is 0 Å². The van der Waals surface area contributed by atoms with Crippen LogP contribution in [0.5, 0.6) is 0 Å². The zero-order valence-electron chi connectivity index (χ0n) is 7.65. The molecule has 0 atom stereocenters. The second-order valence-electron chi connectivity index (χ2n) is 2.41. The Morgan fingerprint density at radius 2 is 1.71 bits per heavy atom. The molecule has 76 valence electrons. The van der Waals surface area contributed by atoms with Crippen molar-refractivity contribution in [3.63, 3.8) is 0 Å². The third-order valence-corrected chi connectivity index (χ3v) is 1.42. The van der Waals surface area contributed by atoms with Crippen molar-refractivity contribution < 1.29 is 21.9 Å². The van der Waals surface area contributed by atoms with E-state index in [-0.39, 0.29) is 22.9 Å². The van der Waals surface area contributed by atoms with Crippen LogP contribution >= 0.6 is 0 Å². The van der Waals surface area contributed by atoms with E-state index in [0.717, 1.165) is 5.56 Å². The fraction of sp³-hybridized carbons (Fsp3) is 0.0833. The van der Waals surface area contributed by atoms with Gasteiger partial charge in [-0.1, -0.05) is 5.56 Å². The molecule has 2 aromatic carbocycles. The smallest absolute Gasteiger partial charge is 0.105 e. The Labute approximate surface area is 95.0 Å². The van der Waals surface area contributed by atoms with Crippen LogP contribution in [-0.4, -0.2) is 5.78 Å². The van der Waals surface area contributed by atoms with Crippen LogP contribution in [0.15, 0.2) is 30.3 Å². The molecule has 0 aliphatic rings. The largest absolute Gasteiger partial charge is 0.999 e. The minimum Gasteiger partial charge on any atom is -0.999 e. The van der Waals surface area contributed by atoms with E-state index in [9.17, 15) is 4.79 Å². The van der Waals surface area contributed by atoms with Gasteiger partial charge in [0.15, 0.2) is 0 Å². The molecular weight excluding hydrogens is 216 g/mol. The summed E-state index contributed by atoms with van der Waals surface area (Å²) >= 11 is 0. The van der Waals surface area contributed by atoms with Gasteiger partial charge in [0.1, 0.15) is 5.78 Å². The first-order valence-corrected chi connectivity index (χ1v) is 3.86. The third-order valence-electron chi connectivity index (χ3n) is 1.42. The van der Waals surface area contributed by atoms with Crippen molar-refractivity contribution in [1.29, 1.82) is 0 Å². The average molecular weight is 224 g/mol. The van der Waals surface area contributed by atoms with Gasteiger partial charge in [-0.2, -0.15) is 12.1 Å². The molecule has 0 aliphatic carbocycles. The number of hydrogen-bond acceptors (Lipinski definition) is 1. The quantitative estimate of drug-likeness (QED) is 0.412. The molecule has 0 bridgehead atoms. The maximum Gasteiger partial charge on any atom is 0.105 e. The standard InChI is InChI=1S/C7H7O.C5H.Fe/c1-6(8)7-4-2-3-5-7;1-2-4-5-3-1;/h2-5H,1H3;1H;/q-1;-5;. The van der Waals surface area contributed by atoms with Crippen LogP contribution in [0.4, 0.5) is 0 Å². The zero-order valence-corrected chi connectivity index (χ0v) is 8.75. The Morgan fingerprint density at radius 1 is 1.21 bits per heavy atom. The SMILES string of the molecule is CC(=O)[c-]1cccc1.[Fe].[c-]1[c-][c-][cH-][c-]1. The van der Waals surface area contributed by atoms with E-state index in [1.165, 1.54) is 0 Å². The minimum atomic E-state index is 0. The van der Waals surface area contributed by atoms with Crippen molar-refractivity contribution >= 4 is 5.78 Å². The van der Waals surface area contributed by atoms with Gasteiger partial charge in [0.25, 0.3) is 0 Å². The topological polar surface area (TPSA) is 17.1 Å². The van der Waals surface area contributed by atoms with Crippen molar-refractivity contribution in [3.8, 4) is 0 Å². The molecule has 0 amide bonds. The van der Waals surface area contributed by atoms with Crippen LogP contribution in [0, 0.1) is 24.3 Å². The van der Waals surface area contributed by atoms with Crippen LogP contribution in [-0.2, 0) is 17.1 Å². The molecule has 0 saturated carbocycles. The molecule has 0 saturated heterocycles. The molecule has 0 heterocycles. The fourth-order valence-corrected chi connectivity index (χ4v) is 0.789. The molecule has 2 rings (SSSR count). The number of ketones is 1. The Hall–Kier alpha value is -1.11. The summed E-state index contributed by atoms with van der Waals surface area (Å²) in [5, 5.41) is 0. The molecular formula is C12H8FeO-6. The van der Waals surface area contributed by atoms with E-state index in [1.807, 2.05) is 24.3 Å². The predicted molar refractivity (Wildman–Crippen MR) is 49.4 cm³/mol. The van der Waals surface area contributed by atoms with Gasteiger partial charge in [0.2, 0.25) is 0 Å². The third kappa shape index (κ3) is 4.80. The summed E-state index contributed by atoms with van der Waals surface area (Å²) < 4.78 is 0. The van der Waals surface area contributed by atoms with Gasteiger partial charge in [-0.3, -0.25) is 0 Å². The molecule has 0 unspecified atom stereocenters. The molecule has 0 aliphatic heterocycles. The Morgan fingerprint density at radius 3 is 1.93 bits per heavy atom. The fourth-order valence-electron chi connectivity index (χ4n) is 0.789. The van der Waals surface area contributed by atoms with Crippen LogP contribution in [0.25, 0.3) is 0 Å². The molecule has 1 nitrogen and oxygen atoms in total. The number of Topliss-reactive ketones (excluding diaryl/α,β-unsaturated/α-hetero) is 1. The number of carbonyl (C=O) groups is 1. The molecule has 0 aromatic heterocycles. The van der Waals surface area contributed by atoms with E-state index in [4.69, 9.17) is 0 Å². The molecule has 2 heteroatoms. The first kappa shape index (κ1) is 12.9. The Kier molecular flexibility index (Phi) is 6.73. The van der Waals surface area contributed by atoms with Gasteiger partial charge in [-0.25, -0.2) is 12.1 Å². The molecule has 2 aromatic rings. The van der Waals surface area contributed by atoms with Crippen molar-refractivity contribution in [2.75, 3.05) is 0 Å². The summed E-state index contributed by atoms with van der Waals surface area (Å²) in [5.41, 5.74) is 0.796. The predicted octanol–water partition coefficient (Wildman–Crippen LogP) is 2.21. The number of hydrogen-bond donors (Lipinski definition) is 0. The van der Waals surface area contributed by atoms with E-state index in [1.54, 1.807) is 13.0 Å². The second-order valence-corrected chi connectivity index (χ2v) is 2.41. The second kappa shape index (κ2) is 7.31. The molecule has 0 radical (unpaired) electrons. The Bertz CT molecular complexity index is 302. The minimum absolute atomic E-state index is 0. The molecule has 14 heavy (non-hydrogen) atoms. The first-order chi connectivity index (χ1) is 6.30. The summed E-state index contributed by atoms with van der Waals surface area (Å²) in [6, 6.07) is 19.3. The number of carbonyl (C=O) groups excluding carboxylic acids is 1. The maximum atomic E-state index is 10.5. The van der Waals surface area contributed by atoms with E-state index in [2.05, 4.69) is 24.3 Å². The van der Waals surface area contributed by atoms with Crippen LogP contribution in [0.2, 0.25) is 0 Å². The van der Waals surface area contributed by atoms with Gasteiger partial charge in [0, 0.05) is 17.1 Å². The van der Waals surface area contributed by atoms with Gasteiger partial charge < -0.3 is 35.1 Å². The maximum absolute atomic E-state index is 10.5. The monoisotopic (exact) mass is 224 g/mol. The van der Waals surface area contributed by atoms with Crippen LogP contribution in [0.1, 0.15) is 17.3 Å². The summed E-state index contributed by atoms with van der Waals surface area (Å²) in [7, 11) is 0. The van der Waals surface area contributed by atoms with Crippen LogP contribution < -0.4 is 0 Å². The van der Waals surface area contributed by atoms with Crippen molar-refractivity contribution in [2.45, 2.75) is 6.92 Å². The number of rotatable bonds is 1. The normalized spacial score (nSPS) is 8.07. The average Bonchev–Trinajstić information content (AvgIpc) is 2.82. The zero-order chi connectivity index (χ0) is 9.52. The van der Waals surface area contributed by atoms with Crippen molar-refractivity contribution in [3.05, 3.63) is 60.2 Å². The Balaban J connectivity index is 0.000000246. The molecule has 0 spiro atoms. The molecule has 0 N–H and O–H groups in total. The van der Waals surface area contributed by atoms with Gasteiger partial charge in [-0.05, 0) is 6.92 Å². The summed E-state index contributed by atoms with van der Waals surface area (Å²) in [6.07, 6.45) is 0. The van der Waals surface area contributed by atoms with Crippen molar-refractivity contribution in [1.82, 2.24) is 0 Å². The van der Waals surface area contributed by atoms with Gasteiger partial charge in [-0.15, -0.1) is 0 Å².